The van der Waals surface area contributed by atoms with Gasteiger partial charge in [-0.25, -0.2) is 8.42 Å². The number of rotatable bonds is 6. The van der Waals surface area contributed by atoms with Gasteiger partial charge in [-0.1, -0.05) is 18.2 Å². The molecule has 26 heavy (non-hydrogen) atoms. The Hall–Kier alpha value is -2.25. The quantitative estimate of drug-likeness (QED) is 0.775. The molecule has 140 valence electrons. The monoisotopic (exact) mass is 377 g/mol. The van der Waals surface area contributed by atoms with Gasteiger partial charge in [0.2, 0.25) is 10.0 Å². The van der Waals surface area contributed by atoms with Crippen LogP contribution in [0.5, 0.6) is 17.2 Å². The summed E-state index contributed by atoms with van der Waals surface area (Å²) in [6.45, 7) is 3.54. The number of sulfonamides is 1. The number of benzene rings is 2. The first-order valence-electron chi connectivity index (χ1n) is 8.53. The third-order valence-corrected chi connectivity index (χ3v) is 6.04. The summed E-state index contributed by atoms with van der Waals surface area (Å²) in [5.74, 6) is 1.80. The second kappa shape index (κ2) is 7.97. The molecule has 1 aliphatic heterocycles. The van der Waals surface area contributed by atoms with E-state index in [1.807, 2.05) is 31.2 Å². The van der Waals surface area contributed by atoms with Crippen molar-refractivity contribution in [3.8, 4) is 17.2 Å². The first-order chi connectivity index (χ1) is 12.5. The van der Waals surface area contributed by atoms with Crippen LogP contribution < -0.4 is 14.2 Å². The van der Waals surface area contributed by atoms with Crippen molar-refractivity contribution in [3.05, 3.63) is 48.0 Å². The highest BCUT2D eigenvalue weighted by Crippen LogP contribution is 2.32. The van der Waals surface area contributed by atoms with Crippen LogP contribution in [0.2, 0.25) is 0 Å². The minimum absolute atomic E-state index is 0.181. The minimum Gasteiger partial charge on any atom is -0.492 e. The first kappa shape index (κ1) is 18.5. The zero-order valence-electron chi connectivity index (χ0n) is 15.0. The molecule has 1 heterocycles. The second-order valence-electron chi connectivity index (χ2n) is 6.10. The summed E-state index contributed by atoms with van der Waals surface area (Å²) in [6.07, 6.45) is 0.771. The number of likely N-dealkylation sites (N-methyl/N-ethyl adjacent to an activating group) is 1. The molecular weight excluding hydrogens is 354 g/mol. The van der Waals surface area contributed by atoms with Crippen molar-refractivity contribution in [2.24, 2.45) is 0 Å². The van der Waals surface area contributed by atoms with Crippen LogP contribution in [-0.2, 0) is 10.0 Å². The molecule has 0 fully saturated rings. The topological polar surface area (TPSA) is 65.1 Å². The maximum absolute atomic E-state index is 12.8. The molecular formula is C19H23NO5S. The van der Waals surface area contributed by atoms with E-state index in [9.17, 15) is 8.42 Å². The highest BCUT2D eigenvalue weighted by atomic mass is 32.2. The molecule has 0 saturated carbocycles. The number of hydrogen-bond donors (Lipinski definition) is 0. The molecule has 2 aromatic rings. The average Bonchev–Trinajstić information content (AvgIpc) is 2.88. The zero-order chi connectivity index (χ0) is 18.6. The highest BCUT2D eigenvalue weighted by molar-refractivity contribution is 7.89. The molecule has 0 atom stereocenters. The van der Waals surface area contributed by atoms with Crippen LogP contribution in [0.3, 0.4) is 0 Å². The molecule has 0 N–H and O–H groups in total. The summed E-state index contributed by atoms with van der Waals surface area (Å²) < 4.78 is 43.7. The molecule has 0 unspecified atom stereocenters. The van der Waals surface area contributed by atoms with Gasteiger partial charge in [0, 0.05) is 26.1 Å². The molecule has 1 aliphatic rings. The highest BCUT2D eigenvalue weighted by Gasteiger charge is 2.23. The number of fused-ring (bicyclic) bond motifs is 1. The summed E-state index contributed by atoms with van der Waals surface area (Å²) in [7, 11) is -2.09. The SMILES string of the molecule is Cc1ccccc1OCCN(C)S(=O)(=O)c1ccc2c(c1)OCCCO2. The summed E-state index contributed by atoms with van der Waals surface area (Å²) in [5, 5.41) is 0. The second-order valence-corrected chi connectivity index (χ2v) is 8.14. The Kier molecular flexibility index (Phi) is 5.68. The van der Waals surface area contributed by atoms with Crippen LogP contribution >= 0.6 is 0 Å². The third-order valence-electron chi connectivity index (χ3n) is 4.18. The lowest BCUT2D eigenvalue weighted by Gasteiger charge is -2.19. The summed E-state index contributed by atoms with van der Waals surface area (Å²) >= 11 is 0. The normalized spacial score (nSPS) is 14.1. The van der Waals surface area contributed by atoms with Gasteiger partial charge in [0.15, 0.2) is 11.5 Å². The number of hydrogen-bond acceptors (Lipinski definition) is 5. The Balaban J connectivity index is 1.67. The number of aryl methyl sites for hydroxylation is 1. The lowest BCUT2D eigenvalue weighted by Crippen LogP contribution is -2.31. The molecule has 6 nitrogen and oxygen atoms in total. The fourth-order valence-corrected chi connectivity index (χ4v) is 3.78. The molecule has 0 aliphatic carbocycles. The van der Waals surface area contributed by atoms with E-state index < -0.39 is 10.0 Å². The average molecular weight is 377 g/mol. The van der Waals surface area contributed by atoms with Gasteiger partial charge in [-0.3, -0.25) is 0 Å². The molecule has 0 saturated heterocycles. The molecule has 2 aromatic carbocycles. The Bertz CT molecular complexity index is 866. The molecule has 0 radical (unpaired) electrons. The van der Waals surface area contributed by atoms with Crippen molar-refractivity contribution in [2.45, 2.75) is 18.2 Å². The lowest BCUT2D eigenvalue weighted by atomic mass is 10.2. The fourth-order valence-electron chi connectivity index (χ4n) is 2.61. The zero-order valence-corrected chi connectivity index (χ0v) is 15.8. The van der Waals surface area contributed by atoms with Gasteiger partial charge in [-0.15, -0.1) is 0 Å². The van der Waals surface area contributed by atoms with Crippen LogP contribution in [0.15, 0.2) is 47.4 Å². The van der Waals surface area contributed by atoms with Gasteiger partial charge in [0.1, 0.15) is 12.4 Å². The maximum atomic E-state index is 12.8. The van der Waals surface area contributed by atoms with E-state index in [0.29, 0.717) is 24.7 Å². The molecule has 7 heteroatoms. The summed E-state index contributed by atoms with van der Waals surface area (Å²) in [6, 6.07) is 12.4. The van der Waals surface area contributed by atoms with Crippen molar-refractivity contribution < 1.29 is 22.6 Å². The minimum atomic E-state index is -3.63. The number of para-hydroxylation sites is 1. The van der Waals surface area contributed by atoms with Crippen molar-refractivity contribution >= 4 is 10.0 Å². The smallest absolute Gasteiger partial charge is 0.243 e. The predicted molar refractivity (Wildman–Crippen MR) is 98.5 cm³/mol. The van der Waals surface area contributed by atoms with Crippen molar-refractivity contribution in [3.63, 3.8) is 0 Å². The fraction of sp³-hybridized carbons (Fsp3) is 0.368. The predicted octanol–water partition coefficient (Wildman–Crippen LogP) is 2.86. The van der Waals surface area contributed by atoms with Crippen LogP contribution in [0.25, 0.3) is 0 Å². The number of nitrogens with zero attached hydrogens (tertiary/aromatic N) is 1. The Morgan fingerprint density at radius 1 is 1.08 bits per heavy atom. The van der Waals surface area contributed by atoms with Gasteiger partial charge in [0.05, 0.1) is 18.1 Å². The van der Waals surface area contributed by atoms with Crippen LogP contribution in [0.1, 0.15) is 12.0 Å². The Morgan fingerprint density at radius 3 is 2.58 bits per heavy atom. The van der Waals surface area contributed by atoms with Crippen LogP contribution in [-0.4, -0.2) is 46.1 Å². The van der Waals surface area contributed by atoms with Crippen molar-refractivity contribution in [2.75, 3.05) is 33.4 Å². The van der Waals surface area contributed by atoms with Gasteiger partial charge >= 0.3 is 0 Å². The van der Waals surface area contributed by atoms with Crippen LogP contribution in [0.4, 0.5) is 0 Å². The summed E-state index contributed by atoms with van der Waals surface area (Å²) in [4.78, 5) is 0.181. The van der Waals surface area contributed by atoms with Crippen LogP contribution in [0, 0.1) is 6.92 Å². The Labute approximate surface area is 154 Å². The maximum Gasteiger partial charge on any atom is 0.243 e. The molecule has 0 spiro atoms. The van der Waals surface area contributed by atoms with E-state index in [4.69, 9.17) is 14.2 Å². The molecule has 0 bridgehead atoms. The van der Waals surface area contributed by atoms with Gasteiger partial charge in [-0.05, 0) is 30.7 Å². The molecule has 0 aromatic heterocycles. The van der Waals surface area contributed by atoms with E-state index in [2.05, 4.69) is 0 Å². The van der Waals surface area contributed by atoms with Crippen molar-refractivity contribution in [1.82, 2.24) is 4.31 Å². The van der Waals surface area contributed by atoms with E-state index in [1.165, 1.54) is 10.4 Å². The Morgan fingerprint density at radius 2 is 1.81 bits per heavy atom. The van der Waals surface area contributed by atoms with Gasteiger partial charge in [0.25, 0.3) is 0 Å². The van der Waals surface area contributed by atoms with Crippen molar-refractivity contribution in [1.29, 1.82) is 0 Å². The lowest BCUT2D eigenvalue weighted by molar-refractivity contribution is 0.285. The molecule has 3 rings (SSSR count). The largest absolute Gasteiger partial charge is 0.492 e. The van der Waals surface area contributed by atoms with E-state index >= 15 is 0 Å². The first-order valence-corrected chi connectivity index (χ1v) is 9.97. The number of ether oxygens (including phenoxy) is 3. The molecule has 0 amide bonds. The van der Waals surface area contributed by atoms with Gasteiger partial charge in [-0.2, -0.15) is 4.31 Å². The third kappa shape index (κ3) is 4.11. The standard InChI is InChI=1S/C19H23NO5S/c1-15-6-3-4-7-17(15)25-13-10-20(2)26(21,22)16-8-9-18-19(14-16)24-12-5-11-23-18/h3-4,6-9,14H,5,10-13H2,1-2H3. The van der Waals surface area contributed by atoms with Gasteiger partial charge < -0.3 is 14.2 Å². The van der Waals surface area contributed by atoms with E-state index in [-0.39, 0.29) is 18.0 Å². The van der Waals surface area contributed by atoms with E-state index in [0.717, 1.165) is 17.7 Å². The van der Waals surface area contributed by atoms with E-state index in [1.54, 1.807) is 19.2 Å². The summed E-state index contributed by atoms with van der Waals surface area (Å²) in [5.41, 5.74) is 1.01.